The van der Waals surface area contributed by atoms with Crippen molar-refractivity contribution in [2.24, 2.45) is 0 Å². The molecule has 0 saturated carbocycles. The lowest BCUT2D eigenvalue weighted by Crippen LogP contribution is -2.03. The Kier molecular flexibility index (Phi) is 2.04. The van der Waals surface area contributed by atoms with Crippen LogP contribution >= 0.6 is 25.3 Å². The zero-order valence-electron chi connectivity index (χ0n) is 3.13. The Balaban J connectivity index is 3.45. The van der Waals surface area contributed by atoms with Crippen molar-refractivity contribution in [3.05, 3.63) is 12.7 Å². The molecule has 0 aliphatic carbocycles. The van der Waals surface area contributed by atoms with E-state index in [2.05, 4.69) is 31.8 Å². The summed E-state index contributed by atoms with van der Waals surface area (Å²) in [6.07, 6.45) is 1.22. The van der Waals surface area contributed by atoms with Crippen molar-refractivity contribution >= 4 is 25.3 Å². The quantitative estimate of drug-likeness (QED) is 0.265. The minimum absolute atomic E-state index is 1.22. The second-order valence-corrected chi connectivity index (χ2v) is 2.61. The van der Waals surface area contributed by atoms with Crippen LogP contribution in [0.5, 0.6) is 0 Å². The molecule has 1 nitrogen and oxygen atoms in total. The van der Waals surface area contributed by atoms with Gasteiger partial charge in [0.05, 0.1) is 0 Å². The number of hydrogen-bond acceptors (Lipinski definition) is 3. The van der Waals surface area contributed by atoms with Gasteiger partial charge in [0.15, 0.2) is 4.27 Å². The lowest BCUT2D eigenvalue weighted by Gasteiger charge is -2.04. The maximum atomic E-state index is 8.44. The van der Waals surface area contributed by atoms with E-state index in [9.17, 15) is 0 Å². The van der Waals surface area contributed by atoms with E-state index in [1.165, 1.54) is 6.08 Å². The molecule has 0 rings (SSSR count). The van der Waals surface area contributed by atoms with Crippen LogP contribution in [0.15, 0.2) is 12.7 Å². The Morgan fingerprint density at radius 2 is 1.83 bits per heavy atom. The average molecular weight is 122 g/mol. The Bertz CT molecular complexity index is 54.3. The predicted molar refractivity (Wildman–Crippen MR) is 33.1 cm³/mol. The number of hydrogen-bond donors (Lipinski definition) is 3. The Labute approximate surface area is 47.9 Å². The molecule has 6 heavy (non-hydrogen) atoms. The summed E-state index contributed by atoms with van der Waals surface area (Å²) in [5.41, 5.74) is 0. The third kappa shape index (κ3) is 4.40. The molecule has 0 saturated heterocycles. The van der Waals surface area contributed by atoms with Crippen LogP contribution in [-0.4, -0.2) is 9.37 Å². The first-order valence-electron chi connectivity index (χ1n) is 1.37. The summed E-state index contributed by atoms with van der Waals surface area (Å²) in [7, 11) is 0. The molecule has 0 amide bonds. The second-order valence-electron chi connectivity index (χ2n) is 0.891. The first-order chi connectivity index (χ1) is 2.56. The van der Waals surface area contributed by atoms with Gasteiger partial charge in [0, 0.05) is 0 Å². The van der Waals surface area contributed by atoms with Crippen LogP contribution in [0.2, 0.25) is 0 Å². The van der Waals surface area contributed by atoms with Crippen molar-refractivity contribution in [3.63, 3.8) is 0 Å². The third-order valence-corrected chi connectivity index (χ3v) is 0.639. The Hall–Kier alpha value is 0.400. The Morgan fingerprint density at radius 1 is 1.67 bits per heavy atom. The second kappa shape index (κ2) is 1.91. The van der Waals surface area contributed by atoms with Gasteiger partial charge in [0.2, 0.25) is 0 Å². The standard InChI is InChI=1S/C3H6OS2/c1-2-3(4,5)6/h2,4-6H,1H2. The largest absolute Gasteiger partial charge is 0.367 e. The summed E-state index contributed by atoms with van der Waals surface area (Å²) < 4.78 is -1.31. The van der Waals surface area contributed by atoms with Crippen LogP contribution in [0.4, 0.5) is 0 Å². The third-order valence-electron chi connectivity index (χ3n) is 0.274. The van der Waals surface area contributed by atoms with Gasteiger partial charge in [-0.1, -0.05) is 6.58 Å². The molecule has 0 aliphatic heterocycles. The predicted octanol–water partition coefficient (Wildman–Crippen LogP) is 0.678. The van der Waals surface area contributed by atoms with Gasteiger partial charge in [-0.25, -0.2) is 0 Å². The molecule has 0 heterocycles. The topological polar surface area (TPSA) is 20.2 Å². The molecule has 0 aliphatic rings. The van der Waals surface area contributed by atoms with Crippen LogP contribution in [0, 0.1) is 0 Å². The van der Waals surface area contributed by atoms with E-state index in [4.69, 9.17) is 5.11 Å². The summed E-state index contributed by atoms with van der Waals surface area (Å²) in [6.45, 7) is 3.23. The van der Waals surface area contributed by atoms with Crippen molar-refractivity contribution in [3.8, 4) is 0 Å². The van der Waals surface area contributed by atoms with Gasteiger partial charge >= 0.3 is 0 Å². The highest BCUT2D eigenvalue weighted by molar-refractivity contribution is 8.00. The molecule has 0 atom stereocenters. The van der Waals surface area contributed by atoms with Crippen LogP contribution in [0.3, 0.4) is 0 Å². The van der Waals surface area contributed by atoms with Gasteiger partial charge in [0.25, 0.3) is 0 Å². The summed E-state index contributed by atoms with van der Waals surface area (Å²) in [5, 5.41) is 8.44. The smallest absolute Gasteiger partial charge is 0.170 e. The molecule has 0 unspecified atom stereocenters. The maximum Gasteiger partial charge on any atom is 0.170 e. The molecule has 0 bridgehead atoms. The number of thiol groups is 2. The van der Waals surface area contributed by atoms with E-state index in [0.29, 0.717) is 0 Å². The molecule has 1 N–H and O–H groups in total. The van der Waals surface area contributed by atoms with Crippen molar-refractivity contribution < 1.29 is 5.11 Å². The molecule has 3 heteroatoms. The van der Waals surface area contributed by atoms with E-state index in [1.54, 1.807) is 0 Å². The lowest BCUT2D eigenvalue weighted by molar-refractivity contribution is 0.284. The van der Waals surface area contributed by atoms with Crippen LogP contribution in [0.1, 0.15) is 0 Å². The molecule has 0 aromatic rings. The highest BCUT2D eigenvalue weighted by atomic mass is 32.2. The lowest BCUT2D eigenvalue weighted by atomic mass is 10.7. The zero-order chi connectivity index (χ0) is 5.21. The average Bonchev–Trinajstić information content (AvgIpc) is 1.35. The van der Waals surface area contributed by atoms with Gasteiger partial charge < -0.3 is 5.11 Å². The molecular formula is C3H6OS2. The zero-order valence-corrected chi connectivity index (χ0v) is 4.91. The van der Waals surface area contributed by atoms with Gasteiger partial charge in [-0.15, -0.1) is 25.3 Å². The van der Waals surface area contributed by atoms with Crippen LogP contribution < -0.4 is 0 Å². The van der Waals surface area contributed by atoms with Gasteiger partial charge in [0.1, 0.15) is 0 Å². The van der Waals surface area contributed by atoms with Crippen LogP contribution in [0.25, 0.3) is 0 Å². The summed E-state index contributed by atoms with van der Waals surface area (Å²) in [5.74, 6) is 0. The fourth-order valence-electron chi connectivity index (χ4n) is 0. The molecule has 0 radical (unpaired) electrons. The minimum atomic E-state index is -1.31. The first-order valence-corrected chi connectivity index (χ1v) is 2.26. The van der Waals surface area contributed by atoms with Crippen LogP contribution in [-0.2, 0) is 0 Å². The molecule has 0 spiro atoms. The summed E-state index contributed by atoms with van der Waals surface area (Å²) >= 11 is 7.11. The van der Waals surface area contributed by atoms with E-state index in [1.807, 2.05) is 0 Å². The van der Waals surface area contributed by atoms with E-state index in [0.717, 1.165) is 0 Å². The number of rotatable bonds is 1. The number of aliphatic hydroxyl groups is 1. The Morgan fingerprint density at radius 3 is 1.83 bits per heavy atom. The monoisotopic (exact) mass is 122 g/mol. The first kappa shape index (κ1) is 6.40. The normalized spacial score (nSPS) is 11.2. The fourth-order valence-corrected chi connectivity index (χ4v) is 0. The molecule has 0 aromatic heterocycles. The van der Waals surface area contributed by atoms with Gasteiger partial charge in [-0.2, -0.15) is 0 Å². The van der Waals surface area contributed by atoms with Gasteiger partial charge in [-0.05, 0) is 6.08 Å². The molecule has 36 valence electrons. The SMILES string of the molecule is C=CC(O)(S)S. The fraction of sp³-hybridized carbons (Fsp3) is 0.333. The van der Waals surface area contributed by atoms with E-state index >= 15 is 0 Å². The van der Waals surface area contributed by atoms with Gasteiger partial charge in [-0.3, -0.25) is 0 Å². The van der Waals surface area contributed by atoms with E-state index in [-0.39, 0.29) is 0 Å². The van der Waals surface area contributed by atoms with Crippen molar-refractivity contribution in [1.82, 2.24) is 0 Å². The summed E-state index contributed by atoms with van der Waals surface area (Å²) in [6, 6.07) is 0. The minimum Gasteiger partial charge on any atom is -0.367 e. The maximum absolute atomic E-state index is 8.44. The highest BCUT2D eigenvalue weighted by Crippen LogP contribution is 2.14. The molecule has 0 fully saturated rings. The molecule has 0 aromatic carbocycles. The van der Waals surface area contributed by atoms with E-state index < -0.39 is 4.27 Å². The van der Waals surface area contributed by atoms with Crippen molar-refractivity contribution in [2.45, 2.75) is 4.27 Å². The van der Waals surface area contributed by atoms with Crippen molar-refractivity contribution in [2.75, 3.05) is 0 Å². The molecular weight excluding hydrogens is 116 g/mol. The van der Waals surface area contributed by atoms with Crippen molar-refractivity contribution in [1.29, 1.82) is 0 Å². The highest BCUT2D eigenvalue weighted by Gasteiger charge is 2.05. The summed E-state index contributed by atoms with van der Waals surface area (Å²) in [4.78, 5) is 0.